The number of hydrogen-bond donors (Lipinski definition) is 1. The smallest absolute Gasteiger partial charge is 0.175 e. The van der Waals surface area contributed by atoms with E-state index < -0.39 is 9.84 Å². The van der Waals surface area contributed by atoms with Crippen LogP contribution in [-0.4, -0.2) is 29.6 Å². The van der Waals surface area contributed by atoms with Gasteiger partial charge in [0, 0.05) is 18.0 Å². The van der Waals surface area contributed by atoms with Crippen LogP contribution in [0, 0.1) is 0 Å². The predicted molar refractivity (Wildman–Crippen MR) is 89.9 cm³/mol. The topological polar surface area (TPSA) is 75.7 Å². The molecular formula is C17H13N3O2S. The van der Waals surface area contributed by atoms with Crippen LogP contribution >= 0.6 is 0 Å². The molecule has 6 heteroatoms. The largest absolute Gasteiger partial charge is 0.338 e. The van der Waals surface area contributed by atoms with Crippen molar-refractivity contribution in [1.82, 2.24) is 15.0 Å². The van der Waals surface area contributed by atoms with Crippen molar-refractivity contribution >= 4 is 31.6 Å². The van der Waals surface area contributed by atoms with E-state index in [2.05, 4.69) is 15.0 Å². The van der Waals surface area contributed by atoms with Gasteiger partial charge in [-0.3, -0.25) is 4.98 Å². The lowest BCUT2D eigenvalue weighted by molar-refractivity contribution is 0.602. The third kappa shape index (κ3) is 2.47. The molecule has 0 saturated heterocycles. The Balaban J connectivity index is 1.90. The number of H-pyrrole nitrogens is 1. The average Bonchev–Trinajstić information content (AvgIpc) is 2.97. The number of benzene rings is 2. The van der Waals surface area contributed by atoms with Crippen molar-refractivity contribution in [2.45, 2.75) is 4.90 Å². The Kier molecular flexibility index (Phi) is 2.96. The maximum Gasteiger partial charge on any atom is 0.175 e. The molecule has 0 atom stereocenters. The lowest BCUT2D eigenvalue weighted by Gasteiger charge is -2.04. The van der Waals surface area contributed by atoms with Crippen LogP contribution in [-0.2, 0) is 9.84 Å². The first kappa shape index (κ1) is 13.9. The fourth-order valence-electron chi connectivity index (χ4n) is 2.60. The van der Waals surface area contributed by atoms with Gasteiger partial charge in [-0.25, -0.2) is 13.4 Å². The van der Waals surface area contributed by atoms with Gasteiger partial charge in [0.25, 0.3) is 0 Å². The summed E-state index contributed by atoms with van der Waals surface area (Å²) >= 11 is 0. The summed E-state index contributed by atoms with van der Waals surface area (Å²) in [6.07, 6.45) is 4.63. The number of pyridine rings is 1. The van der Waals surface area contributed by atoms with E-state index in [4.69, 9.17) is 0 Å². The van der Waals surface area contributed by atoms with Gasteiger partial charge in [0.1, 0.15) is 11.3 Å². The number of sulfone groups is 1. The van der Waals surface area contributed by atoms with Crippen molar-refractivity contribution in [3.05, 3.63) is 54.9 Å². The lowest BCUT2D eigenvalue weighted by atomic mass is 10.1. The van der Waals surface area contributed by atoms with E-state index in [1.165, 1.54) is 6.26 Å². The van der Waals surface area contributed by atoms with Gasteiger partial charge >= 0.3 is 0 Å². The van der Waals surface area contributed by atoms with E-state index in [1.807, 2.05) is 30.3 Å². The molecule has 4 aromatic rings. The van der Waals surface area contributed by atoms with Crippen LogP contribution < -0.4 is 0 Å². The third-order valence-electron chi connectivity index (χ3n) is 3.80. The number of nitrogens with one attached hydrogen (secondary N) is 1. The molecule has 114 valence electrons. The standard InChI is InChI=1S/C17H13N3O2S/c1-23(21,22)14-5-4-11-2-3-12(8-13(11)9-14)17-19-15-6-7-18-10-16(15)20-17/h2-10H,1H3,(H,19,20). The summed E-state index contributed by atoms with van der Waals surface area (Å²) in [5.41, 5.74) is 2.62. The number of aromatic nitrogens is 3. The number of imidazole rings is 1. The highest BCUT2D eigenvalue weighted by atomic mass is 32.2. The number of rotatable bonds is 2. The van der Waals surface area contributed by atoms with E-state index >= 15 is 0 Å². The number of aromatic amines is 1. The molecule has 0 aliphatic carbocycles. The van der Waals surface area contributed by atoms with Gasteiger partial charge in [-0.1, -0.05) is 18.2 Å². The van der Waals surface area contributed by atoms with Gasteiger partial charge in [-0.15, -0.1) is 0 Å². The van der Waals surface area contributed by atoms with Gasteiger partial charge in [0.05, 0.1) is 16.6 Å². The summed E-state index contributed by atoms with van der Waals surface area (Å²) in [7, 11) is -3.22. The van der Waals surface area contributed by atoms with Gasteiger partial charge < -0.3 is 4.98 Å². The highest BCUT2D eigenvalue weighted by molar-refractivity contribution is 7.90. The number of fused-ring (bicyclic) bond motifs is 2. The van der Waals surface area contributed by atoms with E-state index in [0.717, 1.165) is 33.2 Å². The van der Waals surface area contributed by atoms with Gasteiger partial charge in [-0.05, 0) is 35.0 Å². The second-order valence-electron chi connectivity index (χ2n) is 5.47. The minimum absolute atomic E-state index is 0.316. The van der Waals surface area contributed by atoms with Crippen molar-refractivity contribution < 1.29 is 8.42 Å². The number of hydrogen-bond acceptors (Lipinski definition) is 4. The normalized spacial score (nSPS) is 12.0. The Morgan fingerprint density at radius 1 is 1.00 bits per heavy atom. The van der Waals surface area contributed by atoms with Gasteiger partial charge in [0.2, 0.25) is 0 Å². The van der Waals surface area contributed by atoms with Crippen molar-refractivity contribution in [3.63, 3.8) is 0 Å². The molecule has 0 aliphatic heterocycles. The van der Waals surface area contributed by atoms with Crippen LogP contribution in [0.1, 0.15) is 0 Å². The summed E-state index contributed by atoms with van der Waals surface area (Å²) in [5, 5.41) is 1.85. The Bertz CT molecular complexity index is 1110. The molecule has 5 nitrogen and oxygen atoms in total. The average molecular weight is 323 g/mol. The van der Waals surface area contributed by atoms with E-state index in [-0.39, 0.29) is 0 Å². The zero-order chi connectivity index (χ0) is 16.0. The van der Waals surface area contributed by atoms with Gasteiger partial charge in [0.15, 0.2) is 9.84 Å². The summed E-state index contributed by atoms with van der Waals surface area (Å²) in [5.74, 6) is 0.736. The molecule has 0 radical (unpaired) electrons. The maximum absolute atomic E-state index is 11.7. The molecular weight excluding hydrogens is 310 g/mol. The Morgan fingerprint density at radius 2 is 1.83 bits per heavy atom. The Hall–Kier alpha value is -2.73. The minimum atomic E-state index is -3.22. The number of nitrogens with zero attached hydrogens (tertiary/aromatic N) is 2. The zero-order valence-corrected chi connectivity index (χ0v) is 13.1. The first-order chi connectivity index (χ1) is 11.0. The zero-order valence-electron chi connectivity index (χ0n) is 12.3. The molecule has 2 heterocycles. The van der Waals surface area contributed by atoms with Gasteiger partial charge in [-0.2, -0.15) is 0 Å². The fourth-order valence-corrected chi connectivity index (χ4v) is 3.25. The molecule has 0 amide bonds. The molecule has 0 aliphatic rings. The Morgan fingerprint density at radius 3 is 2.61 bits per heavy atom. The summed E-state index contributed by atoms with van der Waals surface area (Å²) in [6.45, 7) is 0. The quantitative estimate of drug-likeness (QED) is 0.615. The first-order valence-corrected chi connectivity index (χ1v) is 8.94. The molecule has 23 heavy (non-hydrogen) atoms. The molecule has 2 aromatic heterocycles. The molecule has 0 unspecified atom stereocenters. The molecule has 2 aromatic carbocycles. The second kappa shape index (κ2) is 4.89. The Labute approximate surface area is 132 Å². The van der Waals surface area contributed by atoms with Crippen LogP contribution in [0.5, 0.6) is 0 Å². The second-order valence-corrected chi connectivity index (χ2v) is 7.49. The molecule has 4 rings (SSSR count). The minimum Gasteiger partial charge on any atom is -0.338 e. The van der Waals surface area contributed by atoms with Crippen LogP contribution in [0.3, 0.4) is 0 Å². The van der Waals surface area contributed by atoms with Crippen molar-refractivity contribution in [2.75, 3.05) is 6.26 Å². The summed E-state index contributed by atoms with van der Waals surface area (Å²) in [6, 6.07) is 12.9. The molecule has 0 fully saturated rings. The highest BCUT2D eigenvalue weighted by Crippen LogP contribution is 2.26. The summed E-state index contributed by atoms with van der Waals surface area (Å²) < 4.78 is 23.4. The predicted octanol–water partition coefficient (Wildman–Crippen LogP) is 3.18. The monoisotopic (exact) mass is 323 g/mol. The van der Waals surface area contributed by atoms with Crippen molar-refractivity contribution in [1.29, 1.82) is 0 Å². The van der Waals surface area contributed by atoms with Crippen molar-refractivity contribution in [3.8, 4) is 11.4 Å². The van der Waals surface area contributed by atoms with Crippen LogP contribution in [0.15, 0.2) is 59.8 Å². The third-order valence-corrected chi connectivity index (χ3v) is 4.91. The SMILES string of the molecule is CS(=O)(=O)c1ccc2ccc(-c3nc4cnccc4[nH]3)cc2c1. The van der Waals surface area contributed by atoms with E-state index in [1.54, 1.807) is 24.5 Å². The highest BCUT2D eigenvalue weighted by Gasteiger charge is 2.10. The van der Waals surface area contributed by atoms with Crippen LogP contribution in [0.25, 0.3) is 33.2 Å². The van der Waals surface area contributed by atoms with Crippen LogP contribution in [0.4, 0.5) is 0 Å². The molecule has 0 spiro atoms. The van der Waals surface area contributed by atoms with Crippen molar-refractivity contribution in [2.24, 2.45) is 0 Å². The van der Waals surface area contributed by atoms with E-state index in [9.17, 15) is 8.42 Å². The van der Waals surface area contributed by atoms with E-state index in [0.29, 0.717) is 4.90 Å². The fraction of sp³-hybridized carbons (Fsp3) is 0.0588. The summed E-state index contributed by atoms with van der Waals surface area (Å²) in [4.78, 5) is 12.2. The first-order valence-electron chi connectivity index (χ1n) is 7.05. The lowest BCUT2D eigenvalue weighted by Crippen LogP contribution is -1.96. The maximum atomic E-state index is 11.7. The molecule has 1 N–H and O–H groups in total. The molecule has 0 bridgehead atoms. The molecule has 0 saturated carbocycles. The van der Waals surface area contributed by atoms with Crippen LogP contribution in [0.2, 0.25) is 0 Å².